The van der Waals surface area contributed by atoms with Gasteiger partial charge in [-0.15, -0.1) is 0 Å². The second-order valence-corrected chi connectivity index (χ2v) is 6.65. The monoisotopic (exact) mass is 314 g/mol. The topological polar surface area (TPSA) is 32.3 Å². The van der Waals surface area contributed by atoms with Gasteiger partial charge in [0.05, 0.1) is 0 Å². The zero-order valence-electron chi connectivity index (χ0n) is 14.9. The second-order valence-electron chi connectivity index (χ2n) is 6.65. The highest BCUT2D eigenvalue weighted by atomic mass is 16.2. The third kappa shape index (κ3) is 4.44. The number of carbonyl (C=O) groups excluding carboxylic acids is 1. The normalized spacial score (nSPS) is 19.6. The summed E-state index contributed by atoms with van der Waals surface area (Å²) in [4.78, 5) is 14.4. The van der Waals surface area contributed by atoms with Crippen molar-refractivity contribution >= 4 is 5.91 Å². The molecule has 0 fully saturated rings. The van der Waals surface area contributed by atoms with Gasteiger partial charge in [0.1, 0.15) is 6.17 Å². The van der Waals surface area contributed by atoms with E-state index in [0.29, 0.717) is 6.04 Å². The van der Waals surface area contributed by atoms with Crippen molar-refractivity contribution in [1.29, 1.82) is 0 Å². The Bertz CT molecular complexity index is 550. The van der Waals surface area contributed by atoms with Gasteiger partial charge in [0.25, 0.3) is 5.91 Å². The molecule has 0 aliphatic carbocycles. The first-order valence-corrected chi connectivity index (χ1v) is 8.83. The summed E-state index contributed by atoms with van der Waals surface area (Å²) in [5, 5.41) is 3.67. The molecule has 126 valence electrons. The van der Waals surface area contributed by atoms with Crippen molar-refractivity contribution in [3.8, 4) is 0 Å². The summed E-state index contributed by atoms with van der Waals surface area (Å²) in [6.45, 7) is 9.26. The van der Waals surface area contributed by atoms with Crippen LogP contribution in [0.1, 0.15) is 52.5 Å². The second kappa shape index (κ2) is 8.30. The van der Waals surface area contributed by atoms with Crippen molar-refractivity contribution < 1.29 is 4.79 Å². The van der Waals surface area contributed by atoms with E-state index in [-0.39, 0.29) is 12.1 Å². The minimum Gasteiger partial charge on any atom is -0.319 e. The minimum absolute atomic E-state index is 0.0693. The van der Waals surface area contributed by atoms with Crippen molar-refractivity contribution in [2.45, 2.75) is 65.6 Å². The number of carbonyl (C=O) groups is 1. The first-order valence-electron chi connectivity index (χ1n) is 8.83. The number of aryl methyl sites for hydroxylation is 1. The van der Waals surface area contributed by atoms with E-state index in [1.54, 1.807) is 0 Å². The Labute approximate surface area is 140 Å². The molecular weight excluding hydrogens is 284 g/mol. The largest absolute Gasteiger partial charge is 0.319 e. The number of hydrogen-bond acceptors (Lipinski definition) is 2. The van der Waals surface area contributed by atoms with E-state index in [2.05, 4.69) is 56.4 Å². The number of unbranched alkanes of at least 4 members (excludes halogenated alkanes) is 1. The lowest BCUT2D eigenvalue weighted by Gasteiger charge is -2.30. The third-order valence-electron chi connectivity index (χ3n) is 4.80. The lowest BCUT2D eigenvalue weighted by atomic mass is 10.1. The lowest BCUT2D eigenvalue weighted by Crippen LogP contribution is -2.48. The summed E-state index contributed by atoms with van der Waals surface area (Å²) in [6, 6.07) is 11.0. The lowest BCUT2D eigenvalue weighted by molar-refractivity contribution is -0.127. The standard InChI is InChI=1S/C20H30N2O/c1-5-6-14-22-19(16(3)17(4)20(22)23)21-15(2)12-13-18-10-8-7-9-11-18/h7-11,15,19,21H,5-6,12-14H2,1-4H3. The molecule has 2 rings (SSSR count). The summed E-state index contributed by atoms with van der Waals surface area (Å²) < 4.78 is 0. The first-order chi connectivity index (χ1) is 11.0. The van der Waals surface area contributed by atoms with Gasteiger partial charge < -0.3 is 4.90 Å². The molecule has 0 spiro atoms. The summed E-state index contributed by atoms with van der Waals surface area (Å²) in [6.07, 6.45) is 4.37. The van der Waals surface area contributed by atoms with Gasteiger partial charge in [0.15, 0.2) is 0 Å². The molecule has 0 aromatic heterocycles. The van der Waals surface area contributed by atoms with Gasteiger partial charge in [0, 0.05) is 18.2 Å². The smallest absolute Gasteiger partial charge is 0.251 e. The van der Waals surface area contributed by atoms with Crippen LogP contribution in [0.15, 0.2) is 41.5 Å². The van der Waals surface area contributed by atoms with Crippen molar-refractivity contribution in [3.05, 3.63) is 47.0 Å². The van der Waals surface area contributed by atoms with E-state index in [1.165, 1.54) is 11.1 Å². The molecule has 0 saturated carbocycles. The zero-order chi connectivity index (χ0) is 16.8. The van der Waals surface area contributed by atoms with Gasteiger partial charge in [-0.25, -0.2) is 0 Å². The van der Waals surface area contributed by atoms with Crippen molar-refractivity contribution in [3.63, 3.8) is 0 Å². The molecule has 1 N–H and O–H groups in total. The number of amides is 1. The Kier molecular flexibility index (Phi) is 6.40. The van der Waals surface area contributed by atoms with Crippen LogP contribution in [0.25, 0.3) is 0 Å². The van der Waals surface area contributed by atoms with Crippen LogP contribution in [0, 0.1) is 0 Å². The Hall–Kier alpha value is -1.61. The fourth-order valence-corrected chi connectivity index (χ4v) is 3.09. The molecule has 2 unspecified atom stereocenters. The number of hydrogen-bond donors (Lipinski definition) is 1. The maximum atomic E-state index is 12.4. The molecular formula is C20H30N2O. The van der Waals surface area contributed by atoms with Gasteiger partial charge >= 0.3 is 0 Å². The van der Waals surface area contributed by atoms with E-state index in [0.717, 1.165) is 37.8 Å². The van der Waals surface area contributed by atoms with Gasteiger partial charge in [-0.2, -0.15) is 0 Å². The third-order valence-corrected chi connectivity index (χ3v) is 4.80. The van der Waals surface area contributed by atoms with Crippen molar-refractivity contribution in [1.82, 2.24) is 10.2 Å². The van der Waals surface area contributed by atoms with E-state index in [1.807, 2.05) is 11.8 Å². The summed E-state index contributed by atoms with van der Waals surface area (Å²) in [5.41, 5.74) is 3.46. The summed E-state index contributed by atoms with van der Waals surface area (Å²) in [5.74, 6) is 0.198. The molecule has 1 aromatic rings. The molecule has 1 aromatic carbocycles. The molecule has 0 bridgehead atoms. The number of nitrogens with one attached hydrogen (secondary N) is 1. The zero-order valence-corrected chi connectivity index (χ0v) is 14.9. The van der Waals surface area contributed by atoms with E-state index < -0.39 is 0 Å². The van der Waals surface area contributed by atoms with E-state index in [4.69, 9.17) is 0 Å². The maximum absolute atomic E-state index is 12.4. The van der Waals surface area contributed by atoms with Crippen LogP contribution in [0.5, 0.6) is 0 Å². The van der Waals surface area contributed by atoms with Gasteiger partial charge in [-0.1, -0.05) is 43.7 Å². The molecule has 2 atom stereocenters. The number of nitrogens with zero attached hydrogens (tertiary/aromatic N) is 1. The van der Waals surface area contributed by atoms with Crippen LogP contribution in [-0.2, 0) is 11.2 Å². The van der Waals surface area contributed by atoms with Gasteiger partial charge in [0.2, 0.25) is 0 Å². The van der Waals surface area contributed by atoms with Crippen LogP contribution in [-0.4, -0.2) is 29.6 Å². The maximum Gasteiger partial charge on any atom is 0.251 e. The highest BCUT2D eigenvalue weighted by Crippen LogP contribution is 2.25. The predicted octanol–water partition coefficient (Wildman–Crippen LogP) is 3.90. The fourth-order valence-electron chi connectivity index (χ4n) is 3.09. The molecule has 0 saturated heterocycles. The molecule has 3 heteroatoms. The van der Waals surface area contributed by atoms with Crippen molar-refractivity contribution in [2.24, 2.45) is 0 Å². The number of benzene rings is 1. The number of rotatable bonds is 8. The highest BCUT2D eigenvalue weighted by molar-refractivity contribution is 5.96. The first kappa shape index (κ1) is 17.7. The Morgan fingerprint density at radius 2 is 1.91 bits per heavy atom. The van der Waals surface area contributed by atoms with Crippen LogP contribution >= 0.6 is 0 Å². The molecule has 1 aliphatic rings. The van der Waals surface area contributed by atoms with Gasteiger partial charge in [-0.3, -0.25) is 10.1 Å². The average Bonchev–Trinajstić information content (AvgIpc) is 2.76. The Morgan fingerprint density at radius 3 is 2.57 bits per heavy atom. The average molecular weight is 314 g/mol. The molecule has 1 heterocycles. The van der Waals surface area contributed by atoms with E-state index >= 15 is 0 Å². The predicted molar refractivity (Wildman–Crippen MR) is 96.1 cm³/mol. The van der Waals surface area contributed by atoms with Crippen LogP contribution in [0.2, 0.25) is 0 Å². The van der Waals surface area contributed by atoms with Crippen LogP contribution in [0.4, 0.5) is 0 Å². The fraction of sp³-hybridized carbons (Fsp3) is 0.550. The minimum atomic E-state index is 0.0693. The summed E-state index contributed by atoms with van der Waals surface area (Å²) >= 11 is 0. The van der Waals surface area contributed by atoms with Crippen LogP contribution < -0.4 is 5.32 Å². The van der Waals surface area contributed by atoms with Gasteiger partial charge in [-0.05, 0) is 51.2 Å². The molecule has 1 amide bonds. The van der Waals surface area contributed by atoms with Crippen LogP contribution in [0.3, 0.4) is 0 Å². The van der Waals surface area contributed by atoms with E-state index in [9.17, 15) is 4.79 Å². The molecule has 0 radical (unpaired) electrons. The quantitative estimate of drug-likeness (QED) is 0.789. The van der Waals surface area contributed by atoms with Crippen molar-refractivity contribution in [2.75, 3.05) is 6.54 Å². The Morgan fingerprint density at radius 1 is 1.22 bits per heavy atom. The molecule has 1 aliphatic heterocycles. The molecule has 23 heavy (non-hydrogen) atoms. The molecule has 3 nitrogen and oxygen atoms in total. The Balaban J connectivity index is 1.94. The highest BCUT2D eigenvalue weighted by Gasteiger charge is 2.34. The SMILES string of the molecule is CCCCN1C(=O)C(C)=C(C)C1NC(C)CCc1ccccc1. The summed E-state index contributed by atoms with van der Waals surface area (Å²) in [7, 11) is 0.